The van der Waals surface area contributed by atoms with Gasteiger partial charge in [-0.25, -0.2) is 0 Å². The Morgan fingerprint density at radius 1 is 0.974 bits per heavy atom. The molecule has 0 saturated carbocycles. The van der Waals surface area contributed by atoms with Gasteiger partial charge in [-0.2, -0.15) is 0 Å². The van der Waals surface area contributed by atoms with Gasteiger partial charge in [0.25, 0.3) is 0 Å². The van der Waals surface area contributed by atoms with Crippen molar-refractivity contribution in [1.29, 1.82) is 0 Å². The number of anilines is 1. The Balaban J connectivity index is 1.20. The van der Waals surface area contributed by atoms with Crippen LogP contribution in [-0.4, -0.2) is 71.3 Å². The molecule has 9 nitrogen and oxygen atoms in total. The first-order chi connectivity index (χ1) is 18.5. The maximum Gasteiger partial charge on any atom is 0.242 e. The van der Waals surface area contributed by atoms with Crippen molar-refractivity contribution in [2.24, 2.45) is 0 Å². The molecular formula is C28H30ClN5O4. The minimum Gasteiger partial charge on any atom is -0.454 e. The molecule has 0 bridgehead atoms. The third kappa shape index (κ3) is 5.83. The molecule has 10 heteroatoms. The Kier molecular flexibility index (Phi) is 7.93. The van der Waals surface area contributed by atoms with Gasteiger partial charge in [0.2, 0.25) is 18.6 Å². The van der Waals surface area contributed by atoms with E-state index in [-0.39, 0.29) is 25.2 Å². The summed E-state index contributed by atoms with van der Waals surface area (Å²) in [5, 5.41) is 9.44. The summed E-state index contributed by atoms with van der Waals surface area (Å²) in [5.74, 6) is 1.99. The lowest BCUT2D eigenvalue weighted by molar-refractivity contribution is -0.140. The third-order valence-electron chi connectivity index (χ3n) is 6.76. The zero-order chi connectivity index (χ0) is 26.5. The minimum atomic E-state index is -0.0682. The second kappa shape index (κ2) is 11.7. The summed E-state index contributed by atoms with van der Waals surface area (Å²) in [7, 11) is 0. The largest absolute Gasteiger partial charge is 0.454 e. The van der Waals surface area contributed by atoms with Crippen LogP contribution in [0.5, 0.6) is 11.5 Å². The number of amides is 2. The van der Waals surface area contributed by atoms with Crippen molar-refractivity contribution >= 4 is 29.2 Å². The lowest BCUT2D eigenvalue weighted by Crippen LogP contribution is -2.43. The fraction of sp³-hybridized carbons (Fsp3) is 0.357. The van der Waals surface area contributed by atoms with Crippen LogP contribution in [0.2, 0.25) is 5.02 Å². The van der Waals surface area contributed by atoms with Crippen molar-refractivity contribution in [3.63, 3.8) is 0 Å². The van der Waals surface area contributed by atoms with E-state index in [4.69, 9.17) is 21.1 Å². The maximum atomic E-state index is 13.3. The molecule has 2 aliphatic heterocycles. The minimum absolute atomic E-state index is 0.0352. The molecule has 1 fully saturated rings. The van der Waals surface area contributed by atoms with Crippen LogP contribution in [0, 0.1) is 0 Å². The summed E-state index contributed by atoms with van der Waals surface area (Å²) in [6, 6.07) is 17.0. The summed E-state index contributed by atoms with van der Waals surface area (Å²) < 4.78 is 10.8. The Hall–Kier alpha value is -3.85. The number of nitrogens with zero attached hydrogens (tertiary/aromatic N) is 5. The van der Waals surface area contributed by atoms with Crippen LogP contribution in [0.3, 0.4) is 0 Å². The topological polar surface area (TPSA) is 88.1 Å². The van der Waals surface area contributed by atoms with Crippen LogP contribution >= 0.6 is 11.6 Å². The van der Waals surface area contributed by atoms with E-state index >= 15 is 0 Å². The van der Waals surface area contributed by atoms with Gasteiger partial charge in [-0.1, -0.05) is 42.8 Å². The van der Waals surface area contributed by atoms with Gasteiger partial charge >= 0.3 is 0 Å². The van der Waals surface area contributed by atoms with Crippen LogP contribution in [0.1, 0.15) is 25.3 Å². The average molecular weight is 536 g/mol. The van der Waals surface area contributed by atoms with E-state index in [0.29, 0.717) is 54.8 Å². The van der Waals surface area contributed by atoms with Crippen molar-refractivity contribution in [2.75, 3.05) is 44.4 Å². The quantitative estimate of drug-likeness (QED) is 0.452. The van der Waals surface area contributed by atoms with Crippen molar-refractivity contribution in [1.82, 2.24) is 20.0 Å². The molecule has 3 aromatic rings. The molecule has 2 aromatic carbocycles. The Labute approximate surface area is 226 Å². The first-order valence-corrected chi connectivity index (χ1v) is 13.2. The van der Waals surface area contributed by atoms with Crippen LogP contribution in [0.25, 0.3) is 11.3 Å². The number of rotatable bonds is 7. The standard InChI is InChI=1S/C28H30ClN5O4/c1-2-27(35)34(17-20-8-10-24-25(16-20)38-19-37-24)18-28(36)33-13-5-12-32(14-15-33)26-11-9-23(30-31-26)21-6-3-4-7-22(21)29/h3-4,6-11,16H,2,5,12-15,17-19H2,1H3. The fourth-order valence-electron chi connectivity index (χ4n) is 4.68. The molecule has 0 atom stereocenters. The van der Waals surface area contributed by atoms with E-state index in [1.54, 1.807) is 11.8 Å². The van der Waals surface area contributed by atoms with Crippen LogP contribution in [-0.2, 0) is 16.1 Å². The summed E-state index contributed by atoms with van der Waals surface area (Å²) >= 11 is 6.30. The number of hydrogen-bond acceptors (Lipinski definition) is 7. The number of ether oxygens (including phenoxy) is 2. The number of hydrogen-bond donors (Lipinski definition) is 0. The van der Waals surface area contributed by atoms with Gasteiger partial charge < -0.3 is 24.2 Å². The van der Waals surface area contributed by atoms with Gasteiger partial charge in [-0.3, -0.25) is 9.59 Å². The number of halogens is 1. The molecule has 2 amide bonds. The molecule has 1 aromatic heterocycles. The predicted octanol–water partition coefficient (Wildman–Crippen LogP) is 4.00. The van der Waals surface area contributed by atoms with E-state index < -0.39 is 0 Å². The van der Waals surface area contributed by atoms with Crippen molar-refractivity contribution in [2.45, 2.75) is 26.3 Å². The number of carbonyl (C=O) groups is 2. The highest BCUT2D eigenvalue weighted by molar-refractivity contribution is 6.33. The van der Waals surface area contributed by atoms with Gasteiger partial charge in [-0.15, -0.1) is 10.2 Å². The van der Waals surface area contributed by atoms with Gasteiger partial charge in [0, 0.05) is 44.7 Å². The molecular weight excluding hydrogens is 506 g/mol. The average Bonchev–Trinajstić information content (AvgIpc) is 3.27. The summed E-state index contributed by atoms with van der Waals surface area (Å²) in [5.41, 5.74) is 2.45. The van der Waals surface area contributed by atoms with Crippen LogP contribution < -0.4 is 14.4 Å². The molecule has 0 spiro atoms. The van der Waals surface area contributed by atoms with Gasteiger partial charge in [0.15, 0.2) is 17.3 Å². The second-order valence-corrected chi connectivity index (χ2v) is 9.68. The Morgan fingerprint density at radius 3 is 2.61 bits per heavy atom. The lowest BCUT2D eigenvalue weighted by Gasteiger charge is -2.27. The fourth-order valence-corrected chi connectivity index (χ4v) is 4.91. The van der Waals surface area contributed by atoms with E-state index in [9.17, 15) is 9.59 Å². The van der Waals surface area contributed by atoms with E-state index in [2.05, 4.69) is 15.1 Å². The highest BCUT2D eigenvalue weighted by Crippen LogP contribution is 2.33. The highest BCUT2D eigenvalue weighted by atomic mass is 35.5. The van der Waals surface area contributed by atoms with Crippen molar-refractivity contribution in [3.8, 4) is 22.8 Å². The molecule has 1 saturated heterocycles. The maximum absolute atomic E-state index is 13.3. The first-order valence-electron chi connectivity index (χ1n) is 12.8. The van der Waals surface area contributed by atoms with Gasteiger partial charge in [0.05, 0.1) is 10.7 Å². The molecule has 0 unspecified atom stereocenters. The van der Waals surface area contributed by atoms with Crippen molar-refractivity contribution < 1.29 is 19.1 Å². The summed E-state index contributed by atoms with van der Waals surface area (Å²) in [6.07, 6.45) is 1.12. The molecule has 3 heterocycles. The number of benzene rings is 2. The number of fused-ring (bicyclic) bond motifs is 1. The molecule has 5 rings (SSSR count). The second-order valence-electron chi connectivity index (χ2n) is 9.27. The third-order valence-corrected chi connectivity index (χ3v) is 7.09. The Morgan fingerprint density at radius 2 is 1.82 bits per heavy atom. The summed E-state index contributed by atoms with van der Waals surface area (Å²) in [6.45, 7) is 4.94. The Bertz CT molecular complexity index is 1300. The van der Waals surface area contributed by atoms with E-state index in [1.807, 2.05) is 59.5 Å². The highest BCUT2D eigenvalue weighted by Gasteiger charge is 2.24. The van der Waals surface area contributed by atoms with E-state index in [0.717, 1.165) is 29.9 Å². The normalized spacial score (nSPS) is 14.8. The van der Waals surface area contributed by atoms with Crippen LogP contribution in [0.4, 0.5) is 5.82 Å². The molecule has 198 valence electrons. The smallest absolute Gasteiger partial charge is 0.242 e. The predicted molar refractivity (Wildman–Crippen MR) is 144 cm³/mol. The van der Waals surface area contributed by atoms with Crippen LogP contribution in [0.15, 0.2) is 54.6 Å². The SMILES string of the molecule is CCC(=O)N(CC(=O)N1CCCN(c2ccc(-c3ccccc3Cl)nn2)CC1)Cc1ccc2c(c1)OCO2. The zero-order valence-corrected chi connectivity index (χ0v) is 22.1. The van der Waals surface area contributed by atoms with Crippen molar-refractivity contribution in [3.05, 3.63) is 65.2 Å². The number of carbonyl (C=O) groups excluding carboxylic acids is 2. The van der Waals surface area contributed by atoms with E-state index in [1.165, 1.54) is 0 Å². The van der Waals surface area contributed by atoms with Gasteiger partial charge in [0.1, 0.15) is 6.54 Å². The monoisotopic (exact) mass is 535 g/mol. The molecule has 0 N–H and O–H groups in total. The zero-order valence-electron chi connectivity index (χ0n) is 21.3. The lowest BCUT2D eigenvalue weighted by atomic mass is 10.1. The molecule has 38 heavy (non-hydrogen) atoms. The summed E-state index contributed by atoms with van der Waals surface area (Å²) in [4.78, 5) is 31.5. The number of aromatic nitrogens is 2. The molecule has 0 radical (unpaired) electrons. The molecule has 2 aliphatic rings. The first kappa shape index (κ1) is 25.8. The molecule has 0 aliphatic carbocycles. The van der Waals surface area contributed by atoms with Gasteiger partial charge in [-0.05, 0) is 42.3 Å².